The third kappa shape index (κ3) is 2.79. The van der Waals surface area contributed by atoms with Gasteiger partial charge in [-0.25, -0.2) is 4.79 Å². The summed E-state index contributed by atoms with van der Waals surface area (Å²) < 4.78 is 4.39. The summed E-state index contributed by atoms with van der Waals surface area (Å²) in [4.78, 5) is 11.1. The lowest BCUT2D eigenvalue weighted by Crippen LogP contribution is -2.14. The molecule has 88 valence electrons. The van der Waals surface area contributed by atoms with Gasteiger partial charge in [0.15, 0.2) is 6.10 Å². The molecule has 1 rings (SSSR count). The second kappa shape index (κ2) is 5.60. The lowest BCUT2D eigenvalue weighted by Gasteiger charge is -2.12. The van der Waals surface area contributed by atoms with E-state index in [4.69, 9.17) is 5.11 Å². The standard InChI is InChI=1S/C11H14O5/c1-16-11(15)10(14)8-4-2-3-7(5-8)9(13)6-12/h2-5,9-10,12-14H,6H2,1H3. The molecule has 3 N–H and O–H groups in total. The molecule has 0 aromatic heterocycles. The number of hydrogen-bond donors (Lipinski definition) is 3. The van der Waals surface area contributed by atoms with Gasteiger partial charge in [0.1, 0.15) is 6.10 Å². The van der Waals surface area contributed by atoms with Gasteiger partial charge in [-0.1, -0.05) is 18.2 Å². The molecule has 5 nitrogen and oxygen atoms in total. The van der Waals surface area contributed by atoms with Crippen molar-refractivity contribution in [2.75, 3.05) is 13.7 Å². The Morgan fingerprint density at radius 1 is 1.38 bits per heavy atom. The summed E-state index contributed by atoms with van der Waals surface area (Å²) in [5, 5.41) is 27.7. The Bertz CT molecular complexity index is 363. The van der Waals surface area contributed by atoms with Crippen molar-refractivity contribution in [2.45, 2.75) is 12.2 Å². The van der Waals surface area contributed by atoms with Crippen molar-refractivity contribution < 1.29 is 24.9 Å². The van der Waals surface area contributed by atoms with Gasteiger partial charge in [-0.05, 0) is 17.2 Å². The van der Waals surface area contributed by atoms with Crippen molar-refractivity contribution in [1.82, 2.24) is 0 Å². The number of carbonyl (C=O) groups excluding carboxylic acids is 1. The third-order valence-electron chi connectivity index (χ3n) is 2.21. The molecule has 2 unspecified atom stereocenters. The second-order valence-corrected chi connectivity index (χ2v) is 3.29. The molecular formula is C11H14O5. The van der Waals surface area contributed by atoms with Crippen LogP contribution in [0.15, 0.2) is 24.3 Å². The second-order valence-electron chi connectivity index (χ2n) is 3.29. The van der Waals surface area contributed by atoms with E-state index in [1.165, 1.54) is 19.2 Å². The van der Waals surface area contributed by atoms with Crippen LogP contribution < -0.4 is 0 Å². The van der Waals surface area contributed by atoms with Crippen LogP contribution in [0.5, 0.6) is 0 Å². The molecule has 0 radical (unpaired) electrons. The van der Waals surface area contributed by atoms with Crippen LogP contribution in [0.3, 0.4) is 0 Å². The van der Waals surface area contributed by atoms with Gasteiger partial charge in [0.2, 0.25) is 0 Å². The molecule has 0 aliphatic heterocycles. The SMILES string of the molecule is COC(=O)C(O)c1cccc(C(O)CO)c1. The van der Waals surface area contributed by atoms with Crippen molar-refractivity contribution in [3.8, 4) is 0 Å². The van der Waals surface area contributed by atoms with Gasteiger partial charge in [-0.3, -0.25) is 0 Å². The monoisotopic (exact) mass is 226 g/mol. The number of aliphatic hydroxyl groups is 3. The molecule has 0 amide bonds. The molecule has 0 heterocycles. The van der Waals surface area contributed by atoms with Gasteiger partial charge < -0.3 is 20.1 Å². The Labute approximate surface area is 92.9 Å². The number of ether oxygens (including phenoxy) is 1. The highest BCUT2D eigenvalue weighted by Crippen LogP contribution is 2.19. The first-order chi connectivity index (χ1) is 7.60. The van der Waals surface area contributed by atoms with E-state index in [9.17, 15) is 15.0 Å². The zero-order chi connectivity index (χ0) is 12.1. The molecule has 0 saturated carbocycles. The zero-order valence-corrected chi connectivity index (χ0v) is 8.83. The van der Waals surface area contributed by atoms with Crippen molar-refractivity contribution >= 4 is 5.97 Å². The first kappa shape index (κ1) is 12.6. The fourth-order valence-electron chi connectivity index (χ4n) is 1.29. The van der Waals surface area contributed by atoms with E-state index >= 15 is 0 Å². The van der Waals surface area contributed by atoms with Crippen LogP contribution in [0.2, 0.25) is 0 Å². The van der Waals surface area contributed by atoms with E-state index in [0.717, 1.165) is 0 Å². The highest BCUT2D eigenvalue weighted by molar-refractivity contribution is 5.76. The van der Waals surface area contributed by atoms with Crippen molar-refractivity contribution in [2.24, 2.45) is 0 Å². The molecular weight excluding hydrogens is 212 g/mol. The number of rotatable bonds is 4. The first-order valence-electron chi connectivity index (χ1n) is 4.74. The Morgan fingerprint density at radius 3 is 2.56 bits per heavy atom. The maximum absolute atomic E-state index is 11.1. The van der Waals surface area contributed by atoms with E-state index in [2.05, 4.69) is 4.74 Å². The van der Waals surface area contributed by atoms with Gasteiger partial charge in [-0.15, -0.1) is 0 Å². The number of carbonyl (C=O) groups is 1. The summed E-state index contributed by atoms with van der Waals surface area (Å²) in [6, 6.07) is 6.15. The Balaban J connectivity index is 2.94. The van der Waals surface area contributed by atoms with Crippen LogP contribution in [0, 0.1) is 0 Å². The molecule has 0 fully saturated rings. The molecule has 2 atom stereocenters. The minimum absolute atomic E-state index is 0.317. The molecule has 1 aromatic carbocycles. The van der Waals surface area contributed by atoms with Gasteiger partial charge >= 0.3 is 5.97 Å². The van der Waals surface area contributed by atoms with Crippen molar-refractivity contribution in [1.29, 1.82) is 0 Å². The molecule has 5 heteroatoms. The Kier molecular flexibility index (Phi) is 4.42. The molecule has 0 spiro atoms. The van der Waals surface area contributed by atoms with Crippen molar-refractivity contribution in [3.05, 3.63) is 35.4 Å². The number of methoxy groups -OCH3 is 1. The molecule has 0 bridgehead atoms. The Morgan fingerprint density at radius 2 is 2.00 bits per heavy atom. The average molecular weight is 226 g/mol. The minimum Gasteiger partial charge on any atom is -0.467 e. The van der Waals surface area contributed by atoms with Gasteiger partial charge in [0.05, 0.1) is 13.7 Å². The summed E-state index contributed by atoms with van der Waals surface area (Å²) in [5.41, 5.74) is 0.750. The normalized spacial score (nSPS) is 14.2. The summed E-state index contributed by atoms with van der Waals surface area (Å²) in [5.74, 6) is -0.768. The Hall–Kier alpha value is -1.43. The summed E-state index contributed by atoms with van der Waals surface area (Å²) in [6.07, 6.45) is -2.40. The third-order valence-corrected chi connectivity index (χ3v) is 2.21. The van der Waals surface area contributed by atoms with Gasteiger partial charge in [0.25, 0.3) is 0 Å². The smallest absolute Gasteiger partial charge is 0.339 e. The average Bonchev–Trinajstić information content (AvgIpc) is 2.36. The van der Waals surface area contributed by atoms with E-state index in [1.807, 2.05) is 0 Å². The largest absolute Gasteiger partial charge is 0.467 e. The molecule has 0 saturated heterocycles. The number of esters is 1. The maximum atomic E-state index is 11.1. The lowest BCUT2D eigenvalue weighted by atomic mass is 10.0. The van der Waals surface area contributed by atoms with Crippen molar-refractivity contribution in [3.63, 3.8) is 0 Å². The topological polar surface area (TPSA) is 87.0 Å². The van der Waals surface area contributed by atoms with Gasteiger partial charge in [0, 0.05) is 0 Å². The van der Waals surface area contributed by atoms with E-state index in [-0.39, 0.29) is 0 Å². The summed E-state index contributed by atoms with van der Waals surface area (Å²) in [7, 11) is 1.18. The summed E-state index contributed by atoms with van der Waals surface area (Å²) in [6.45, 7) is -0.419. The van der Waals surface area contributed by atoms with Crippen LogP contribution in [0.4, 0.5) is 0 Å². The molecule has 0 aliphatic rings. The lowest BCUT2D eigenvalue weighted by molar-refractivity contribution is -0.150. The van der Waals surface area contributed by atoms with Gasteiger partial charge in [-0.2, -0.15) is 0 Å². The zero-order valence-electron chi connectivity index (χ0n) is 8.83. The predicted molar refractivity (Wildman–Crippen MR) is 55.5 cm³/mol. The first-order valence-corrected chi connectivity index (χ1v) is 4.74. The maximum Gasteiger partial charge on any atom is 0.339 e. The molecule has 0 aliphatic carbocycles. The molecule has 1 aromatic rings. The van der Waals surface area contributed by atoms with Crippen LogP contribution >= 0.6 is 0 Å². The quantitative estimate of drug-likeness (QED) is 0.625. The summed E-state index contributed by atoms with van der Waals surface area (Å²) >= 11 is 0. The van der Waals surface area contributed by atoms with E-state index < -0.39 is 24.8 Å². The highest BCUT2D eigenvalue weighted by atomic mass is 16.5. The fourth-order valence-corrected chi connectivity index (χ4v) is 1.29. The number of aliphatic hydroxyl groups excluding tert-OH is 3. The highest BCUT2D eigenvalue weighted by Gasteiger charge is 2.18. The van der Waals surface area contributed by atoms with E-state index in [0.29, 0.717) is 11.1 Å². The number of benzene rings is 1. The minimum atomic E-state index is -1.38. The van der Waals surface area contributed by atoms with Crippen LogP contribution in [-0.2, 0) is 9.53 Å². The number of hydrogen-bond acceptors (Lipinski definition) is 5. The fraction of sp³-hybridized carbons (Fsp3) is 0.364. The molecule has 16 heavy (non-hydrogen) atoms. The van der Waals surface area contributed by atoms with Crippen LogP contribution in [0.1, 0.15) is 23.3 Å². The van der Waals surface area contributed by atoms with E-state index in [1.54, 1.807) is 12.1 Å². The van der Waals surface area contributed by atoms with Crippen LogP contribution in [-0.4, -0.2) is 35.0 Å². The van der Waals surface area contributed by atoms with Crippen LogP contribution in [0.25, 0.3) is 0 Å². The predicted octanol–water partition coefficient (Wildman–Crippen LogP) is -0.0813.